The Morgan fingerprint density at radius 2 is 1.69 bits per heavy atom. The molecule has 0 radical (unpaired) electrons. The second kappa shape index (κ2) is 10.5. The second-order valence-corrected chi connectivity index (χ2v) is 9.21. The summed E-state index contributed by atoms with van der Waals surface area (Å²) in [6.07, 6.45) is 0. The number of hydrogen-bond acceptors (Lipinski definition) is 6. The van der Waals surface area contributed by atoms with Crippen LogP contribution < -0.4 is 14.4 Å². The molecule has 1 saturated heterocycles. The van der Waals surface area contributed by atoms with Crippen molar-refractivity contribution in [1.82, 2.24) is 9.80 Å². The molecule has 2 aromatic rings. The number of aryl methyl sites for hydroxylation is 3. The average Bonchev–Trinajstić information content (AvgIpc) is 2.84. The number of nitrogens with zero attached hydrogens (tertiary/aromatic N) is 3. The normalized spacial score (nSPS) is 16.1. The molecule has 4 rings (SSSR count). The number of carbonyl (C=O) groups excluding carboxylic acids is 3. The highest BCUT2D eigenvalue weighted by Gasteiger charge is 2.30. The van der Waals surface area contributed by atoms with Crippen molar-refractivity contribution in [3.05, 3.63) is 52.6 Å². The Kier molecular flexibility index (Phi) is 7.40. The van der Waals surface area contributed by atoms with Crippen LogP contribution in [0.4, 0.5) is 5.69 Å². The first-order chi connectivity index (χ1) is 16.8. The quantitative estimate of drug-likeness (QED) is 0.569. The van der Waals surface area contributed by atoms with Crippen molar-refractivity contribution in [1.29, 1.82) is 0 Å². The largest absolute Gasteiger partial charge is 0.485 e. The van der Waals surface area contributed by atoms with Crippen molar-refractivity contribution in [2.45, 2.75) is 27.7 Å². The lowest BCUT2D eigenvalue weighted by Crippen LogP contribution is -2.52. The molecule has 0 aliphatic carbocycles. The van der Waals surface area contributed by atoms with Gasteiger partial charge in [-0.25, -0.2) is 0 Å². The first-order valence-electron chi connectivity index (χ1n) is 12.1. The molecule has 0 atom stereocenters. The van der Waals surface area contributed by atoms with E-state index in [4.69, 9.17) is 9.47 Å². The standard InChI is InChI=1S/C27H33N3O5/c1-5-28-8-10-29(11-9-28)25(32)15-30-22-14-21(6-7-24(22)34-17-26(30)33)23(31)16-35-27-19(3)12-18(2)13-20(27)4/h6-7,12-14H,5,8-11,15-17H2,1-4H3. The summed E-state index contributed by atoms with van der Waals surface area (Å²) < 4.78 is 11.4. The molecular formula is C27H33N3O5. The minimum Gasteiger partial charge on any atom is -0.485 e. The minimum absolute atomic E-state index is 0.0722. The predicted octanol–water partition coefficient (Wildman–Crippen LogP) is 2.76. The topological polar surface area (TPSA) is 79.4 Å². The van der Waals surface area contributed by atoms with Gasteiger partial charge in [-0.2, -0.15) is 0 Å². The number of carbonyl (C=O) groups is 3. The van der Waals surface area contributed by atoms with Crippen LogP contribution in [0.2, 0.25) is 0 Å². The van der Waals surface area contributed by atoms with Crippen molar-refractivity contribution >= 4 is 23.3 Å². The third-order valence-electron chi connectivity index (χ3n) is 6.64. The molecule has 0 spiro atoms. The fraction of sp³-hybridized carbons (Fsp3) is 0.444. The van der Waals surface area contributed by atoms with E-state index in [0.29, 0.717) is 35.8 Å². The highest BCUT2D eigenvalue weighted by molar-refractivity contribution is 6.04. The third-order valence-corrected chi connectivity index (χ3v) is 6.64. The summed E-state index contributed by atoms with van der Waals surface area (Å²) in [6.45, 7) is 11.6. The average molecular weight is 480 g/mol. The number of rotatable bonds is 7. The number of hydrogen-bond donors (Lipinski definition) is 0. The van der Waals surface area contributed by atoms with Crippen molar-refractivity contribution in [2.24, 2.45) is 0 Å². The van der Waals surface area contributed by atoms with Gasteiger partial charge in [0.25, 0.3) is 5.91 Å². The third kappa shape index (κ3) is 5.48. The number of likely N-dealkylation sites (N-methyl/N-ethyl adjacent to an activating group) is 1. The van der Waals surface area contributed by atoms with Crippen LogP contribution in [0.5, 0.6) is 11.5 Å². The highest BCUT2D eigenvalue weighted by atomic mass is 16.5. The summed E-state index contributed by atoms with van der Waals surface area (Å²) in [5.41, 5.74) is 3.93. The molecule has 0 aromatic heterocycles. The maximum absolute atomic E-state index is 13.0. The van der Waals surface area contributed by atoms with Gasteiger partial charge < -0.3 is 19.3 Å². The molecule has 2 aliphatic heterocycles. The van der Waals surface area contributed by atoms with E-state index in [1.807, 2.05) is 32.9 Å². The number of fused-ring (bicyclic) bond motifs is 1. The van der Waals surface area contributed by atoms with Crippen LogP contribution in [0.15, 0.2) is 30.3 Å². The summed E-state index contributed by atoms with van der Waals surface area (Å²) >= 11 is 0. The molecule has 2 aromatic carbocycles. The number of piperazine rings is 1. The van der Waals surface area contributed by atoms with Crippen molar-refractivity contribution in [3.63, 3.8) is 0 Å². The number of ether oxygens (including phenoxy) is 2. The van der Waals surface area contributed by atoms with Gasteiger partial charge in [-0.1, -0.05) is 24.6 Å². The van der Waals surface area contributed by atoms with Crippen molar-refractivity contribution < 1.29 is 23.9 Å². The molecule has 2 aliphatic rings. The van der Waals surface area contributed by atoms with Crippen LogP contribution in [-0.4, -0.2) is 79.9 Å². The number of ketones is 1. The summed E-state index contributed by atoms with van der Waals surface area (Å²) in [4.78, 5) is 44.1. The van der Waals surface area contributed by atoms with Gasteiger partial charge in [0.15, 0.2) is 19.0 Å². The smallest absolute Gasteiger partial charge is 0.265 e. The van der Waals surface area contributed by atoms with E-state index in [-0.39, 0.29) is 37.4 Å². The molecule has 0 saturated carbocycles. The van der Waals surface area contributed by atoms with E-state index in [1.165, 1.54) is 4.90 Å². The number of benzene rings is 2. The van der Waals surface area contributed by atoms with Crippen LogP contribution >= 0.6 is 0 Å². The monoisotopic (exact) mass is 479 g/mol. The zero-order chi connectivity index (χ0) is 25.1. The van der Waals surface area contributed by atoms with Gasteiger partial charge in [0.05, 0.1) is 5.69 Å². The lowest BCUT2D eigenvalue weighted by molar-refractivity contribution is -0.133. The first kappa shape index (κ1) is 24.7. The Hall–Kier alpha value is -3.39. The summed E-state index contributed by atoms with van der Waals surface area (Å²) in [7, 11) is 0. The van der Waals surface area contributed by atoms with Crippen molar-refractivity contribution in [2.75, 3.05) is 57.4 Å². The predicted molar refractivity (Wildman–Crippen MR) is 133 cm³/mol. The number of Topliss-reactive ketones (excluding diaryl/α,β-unsaturated/α-hetero) is 1. The van der Waals surface area contributed by atoms with Crippen LogP contribution in [0.1, 0.15) is 34.0 Å². The van der Waals surface area contributed by atoms with E-state index >= 15 is 0 Å². The Morgan fingerprint density at radius 1 is 1.00 bits per heavy atom. The van der Waals surface area contributed by atoms with Gasteiger partial charge in [-0.3, -0.25) is 19.3 Å². The lowest BCUT2D eigenvalue weighted by Gasteiger charge is -2.36. The Labute approximate surface area is 206 Å². The molecular weight excluding hydrogens is 446 g/mol. The van der Waals surface area contributed by atoms with Gasteiger partial charge in [0.1, 0.15) is 18.0 Å². The van der Waals surface area contributed by atoms with Gasteiger partial charge >= 0.3 is 0 Å². The maximum Gasteiger partial charge on any atom is 0.265 e. The molecule has 0 bridgehead atoms. The maximum atomic E-state index is 13.0. The van der Waals surface area contributed by atoms with Crippen LogP contribution in [-0.2, 0) is 9.59 Å². The Morgan fingerprint density at radius 3 is 2.34 bits per heavy atom. The summed E-state index contributed by atoms with van der Waals surface area (Å²) in [5, 5.41) is 0. The van der Waals surface area contributed by atoms with Crippen LogP contribution in [0, 0.1) is 20.8 Å². The fourth-order valence-electron chi connectivity index (χ4n) is 4.71. The molecule has 2 heterocycles. The molecule has 0 unspecified atom stereocenters. The summed E-state index contributed by atoms with van der Waals surface area (Å²) in [6, 6.07) is 9.00. The second-order valence-electron chi connectivity index (χ2n) is 9.21. The highest BCUT2D eigenvalue weighted by Crippen LogP contribution is 2.33. The van der Waals surface area contributed by atoms with Gasteiger partial charge in [-0.15, -0.1) is 0 Å². The number of anilines is 1. The summed E-state index contributed by atoms with van der Waals surface area (Å²) in [5.74, 6) is 0.566. The van der Waals surface area contributed by atoms with E-state index in [9.17, 15) is 14.4 Å². The SMILES string of the molecule is CCN1CCN(C(=O)CN2C(=O)COc3ccc(C(=O)COc4c(C)cc(C)cc4C)cc32)CC1. The van der Waals surface area contributed by atoms with Crippen LogP contribution in [0.25, 0.3) is 0 Å². The molecule has 0 N–H and O–H groups in total. The van der Waals surface area contributed by atoms with Crippen molar-refractivity contribution in [3.8, 4) is 11.5 Å². The Bertz CT molecular complexity index is 1110. The number of amides is 2. The van der Waals surface area contributed by atoms with E-state index in [1.54, 1.807) is 23.1 Å². The molecule has 2 amide bonds. The molecule has 35 heavy (non-hydrogen) atoms. The zero-order valence-corrected chi connectivity index (χ0v) is 20.9. The van der Waals surface area contributed by atoms with Crippen LogP contribution in [0.3, 0.4) is 0 Å². The minimum atomic E-state index is -0.301. The van der Waals surface area contributed by atoms with Gasteiger partial charge in [0.2, 0.25) is 5.91 Å². The zero-order valence-electron chi connectivity index (χ0n) is 20.9. The van der Waals surface area contributed by atoms with Gasteiger partial charge in [-0.05, 0) is 56.6 Å². The first-order valence-corrected chi connectivity index (χ1v) is 12.1. The molecule has 8 heteroatoms. The lowest BCUT2D eigenvalue weighted by atomic mass is 10.1. The van der Waals surface area contributed by atoms with E-state index in [2.05, 4.69) is 11.8 Å². The Balaban J connectivity index is 1.47. The molecule has 186 valence electrons. The fourth-order valence-corrected chi connectivity index (χ4v) is 4.71. The van der Waals surface area contributed by atoms with E-state index in [0.717, 1.165) is 36.3 Å². The molecule has 1 fully saturated rings. The molecule has 8 nitrogen and oxygen atoms in total. The van der Waals surface area contributed by atoms with Gasteiger partial charge in [0, 0.05) is 31.7 Å². The van der Waals surface area contributed by atoms with E-state index < -0.39 is 0 Å².